The molecule has 9 nitrogen and oxygen atoms in total. The van der Waals surface area contributed by atoms with Crippen molar-refractivity contribution in [3.63, 3.8) is 0 Å². The topological polar surface area (TPSA) is 102 Å². The monoisotopic (exact) mass is 597 g/mol. The second-order valence-corrected chi connectivity index (χ2v) is 12.6. The van der Waals surface area contributed by atoms with E-state index >= 15 is 0 Å². The number of hydrogen-bond acceptors (Lipinski definition) is 8. The van der Waals surface area contributed by atoms with E-state index in [-0.39, 0.29) is 30.5 Å². The number of anilines is 1. The van der Waals surface area contributed by atoms with Crippen molar-refractivity contribution in [3.05, 3.63) is 59.2 Å². The summed E-state index contributed by atoms with van der Waals surface area (Å²) in [5.41, 5.74) is 4.03. The number of amides is 1. The van der Waals surface area contributed by atoms with Crippen LogP contribution in [0.3, 0.4) is 0 Å². The van der Waals surface area contributed by atoms with Crippen LogP contribution in [0.1, 0.15) is 62.6 Å². The van der Waals surface area contributed by atoms with Crippen LogP contribution in [0.15, 0.2) is 42.5 Å². The van der Waals surface area contributed by atoms with E-state index in [0.29, 0.717) is 32.8 Å². The predicted molar refractivity (Wildman–Crippen MR) is 169 cm³/mol. The minimum Gasteiger partial charge on any atom is -0.490 e. The van der Waals surface area contributed by atoms with E-state index in [1.165, 1.54) is 5.56 Å². The molecule has 2 aliphatic rings. The van der Waals surface area contributed by atoms with Gasteiger partial charge in [-0.1, -0.05) is 44.2 Å². The molecule has 9 heteroatoms. The van der Waals surface area contributed by atoms with Crippen LogP contribution < -0.4 is 20.3 Å². The molecular formula is C34H51N3O6. The number of fused-ring (bicyclic) bond motifs is 1. The summed E-state index contributed by atoms with van der Waals surface area (Å²) in [7, 11) is 3.45. The molecule has 43 heavy (non-hydrogen) atoms. The third-order valence-electron chi connectivity index (χ3n) is 8.47. The van der Waals surface area contributed by atoms with E-state index in [1.807, 2.05) is 13.8 Å². The normalized spacial score (nSPS) is 21.2. The summed E-state index contributed by atoms with van der Waals surface area (Å²) in [6.07, 6.45) is 1.91. The number of ether oxygens (including phenoxy) is 4. The van der Waals surface area contributed by atoms with Crippen molar-refractivity contribution in [1.29, 1.82) is 0 Å². The van der Waals surface area contributed by atoms with Crippen LogP contribution in [0, 0.1) is 5.41 Å². The van der Waals surface area contributed by atoms with Gasteiger partial charge in [0.1, 0.15) is 12.4 Å². The van der Waals surface area contributed by atoms with Crippen molar-refractivity contribution in [2.45, 2.75) is 77.4 Å². The molecule has 2 heterocycles. The van der Waals surface area contributed by atoms with E-state index in [9.17, 15) is 9.90 Å². The average molecular weight is 598 g/mol. The van der Waals surface area contributed by atoms with E-state index in [1.54, 1.807) is 21.1 Å². The zero-order valence-corrected chi connectivity index (χ0v) is 26.6. The van der Waals surface area contributed by atoms with Gasteiger partial charge in [0.25, 0.3) is 0 Å². The minimum atomic E-state index is -0.576. The summed E-state index contributed by atoms with van der Waals surface area (Å²) in [4.78, 5) is 15.3. The Hall–Kier alpha value is -2.69. The average Bonchev–Trinajstić information content (AvgIpc) is 2.99. The molecule has 4 atom stereocenters. The third-order valence-corrected chi connectivity index (χ3v) is 8.47. The van der Waals surface area contributed by atoms with Gasteiger partial charge in [-0.15, -0.1) is 0 Å². The quantitative estimate of drug-likeness (QED) is 0.265. The van der Waals surface area contributed by atoms with Crippen LogP contribution in [0.2, 0.25) is 0 Å². The number of aliphatic hydroxyl groups is 1. The van der Waals surface area contributed by atoms with Gasteiger partial charge in [0, 0.05) is 57.8 Å². The molecule has 2 aromatic carbocycles. The molecule has 1 amide bonds. The molecule has 3 N–H and O–H groups in total. The fraction of sp³-hybridized carbons (Fsp3) is 0.618. The highest BCUT2D eigenvalue weighted by Gasteiger charge is 2.37. The zero-order valence-electron chi connectivity index (χ0n) is 26.6. The lowest BCUT2D eigenvalue weighted by Gasteiger charge is -2.40. The number of methoxy groups -OCH3 is 2. The van der Waals surface area contributed by atoms with Crippen LogP contribution in [0.5, 0.6) is 5.75 Å². The molecule has 0 aromatic heterocycles. The molecule has 0 saturated carbocycles. The first kappa shape index (κ1) is 33.2. The fourth-order valence-corrected chi connectivity index (χ4v) is 6.11. The third kappa shape index (κ3) is 9.40. The lowest BCUT2D eigenvalue weighted by molar-refractivity contribution is -0.130. The van der Waals surface area contributed by atoms with Gasteiger partial charge in [0.2, 0.25) is 5.91 Å². The number of nitrogens with zero attached hydrogens (tertiary/aromatic N) is 1. The van der Waals surface area contributed by atoms with Gasteiger partial charge < -0.3 is 39.6 Å². The Balaban J connectivity index is 1.46. The molecule has 1 saturated heterocycles. The number of benzene rings is 2. The second kappa shape index (κ2) is 15.9. The SMILES string of the molecule is COCCCN1CCOc2ccc(CO[C@H]3CN[C@H](CC(C)(C)C(=O)NC[C@H](C)O)C[C@@H]3c3ccc(COC)cc3)cc21. The highest BCUT2D eigenvalue weighted by Crippen LogP contribution is 2.36. The van der Waals surface area contributed by atoms with E-state index in [0.717, 1.165) is 55.1 Å². The lowest BCUT2D eigenvalue weighted by Crippen LogP contribution is -2.50. The lowest BCUT2D eigenvalue weighted by atomic mass is 9.77. The van der Waals surface area contributed by atoms with E-state index in [2.05, 4.69) is 58.0 Å². The molecule has 0 spiro atoms. The maximum absolute atomic E-state index is 12.9. The Morgan fingerprint density at radius 2 is 1.91 bits per heavy atom. The van der Waals surface area contributed by atoms with Crippen LogP contribution in [-0.2, 0) is 32.2 Å². The Morgan fingerprint density at radius 1 is 1.14 bits per heavy atom. The Kier molecular flexibility index (Phi) is 12.2. The van der Waals surface area contributed by atoms with Crippen molar-refractivity contribution >= 4 is 11.6 Å². The van der Waals surface area contributed by atoms with Crippen molar-refractivity contribution in [1.82, 2.24) is 10.6 Å². The van der Waals surface area contributed by atoms with Crippen LogP contribution in [0.25, 0.3) is 0 Å². The number of nitrogens with one attached hydrogen (secondary N) is 2. The number of carbonyl (C=O) groups is 1. The highest BCUT2D eigenvalue weighted by molar-refractivity contribution is 5.81. The van der Waals surface area contributed by atoms with Crippen LogP contribution in [0.4, 0.5) is 5.69 Å². The van der Waals surface area contributed by atoms with Crippen molar-refractivity contribution in [2.75, 3.05) is 58.5 Å². The van der Waals surface area contributed by atoms with Crippen LogP contribution in [-0.4, -0.2) is 82.9 Å². The van der Waals surface area contributed by atoms with Gasteiger partial charge in [0.15, 0.2) is 0 Å². The smallest absolute Gasteiger partial charge is 0.225 e. The van der Waals surface area contributed by atoms with E-state index < -0.39 is 11.5 Å². The Morgan fingerprint density at radius 3 is 2.63 bits per heavy atom. The second-order valence-electron chi connectivity index (χ2n) is 12.6. The Bertz CT molecular complexity index is 1160. The van der Waals surface area contributed by atoms with Gasteiger partial charge >= 0.3 is 0 Å². The number of hydrogen-bond donors (Lipinski definition) is 3. The van der Waals surface area contributed by atoms with Gasteiger partial charge in [0.05, 0.1) is 37.7 Å². The molecule has 0 radical (unpaired) electrons. The van der Waals surface area contributed by atoms with Crippen molar-refractivity contribution in [2.24, 2.45) is 5.41 Å². The Labute approximate surface area is 257 Å². The number of rotatable bonds is 15. The van der Waals surface area contributed by atoms with Crippen molar-refractivity contribution < 1.29 is 28.8 Å². The molecular weight excluding hydrogens is 546 g/mol. The molecule has 1 fully saturated rings. The minimum absolute atomic E-state index is 0.0261. The summed E-state index contributed by atoms with van der Waals surface area (Å²) >= 11 is 0. The van der Waals surface area contributed by atoms with E-state index in [4.69, 9.17) is 18.9 Å². The summed E-state index contributed by atoms with van der Waals surface area (Å²) < 4.78 is 23.2. The summed E-state index contributed by atoms with van der Waals surface area (Å²) in [6, 6.07) is 15.1. The van der Waals surface area contributed by atoms with Gasteiger partial charge in [-0.3, -0.25) is 4.79 Å². The molecule has 2 aromatic rings. The van der Waals surface area contributed by atoms with Gasteiger partial charge in [-0.05, 0) is 55.0 Å². The molecule has 0 aliphatic carbocycles. The first-order valence-electron chi connectivity index (χ1n) is 15.6. The summed E-state index contributed by atoms with van der Waals surface area (Å²) in [6.45, 7) is 10.9. The molecule has 238 valence electrons. The predicted octanol–water partition coefficient (Wildman–Crippen LogP) is 4.01. The number of aliphatic hydroxyl groups excluding tert-OH is 1. The first-order chi connectivity index (χ1) is 20.7. The van der Waals surface area contributed by atoms with Crippen molar-refractivity contribution in [3.8, 4) is 5.75 Å². The largest absolute Gasteiger partial charge is 0.490 e. The molecule has 2 aliphatic heterocycles. The highest BCUT2D eigenvalue weighted by atomic mass is 16.5. The number of piperidine rings is 1. The standard InChI is InChI=1S/C34H51N3O6/c1-24(38)20-36-33(39)34(2,3)19-28-18-29(27-10-7-25(8-11-27)22-41-5)32(21-35-28)43-23-26-9-12-31-30(17-26)37(14-16-42-31)13-6-15-40-4/h7-12,17,24,28-29,32,35,38H,6,13-16,18-23H2,1-5H3,(H,36,39)/t24-,28-,29+,32-/m0/s1. The maximum atomic E-state index is 12.9. The summed E-state index contributed by atoms with van der Waals surface area (Å²) in [5, 5.41) is 16.2. The van der Waals surface area contributed by atoms with Crippen LogP contribution >= 0.6 is 0 Å². The fourth-order valence-electron chi connectivity index (χ4n) is 6.11. The molecule has 0 bridgehead atoms. The molecule has 0 unspecified atom stereocenters. The van der Waals surface area contributed by atoms with Gasteiger partial charge in [-0.25, -0.2) is 0 Å². The van der Waals surface area contributed by atoms with Gasteiger partial charge in [-0.2, -0.15) is 0 Å². The first-order valence-corrected chi connectivity index (χ1v) is 15.6. The molecule has 4 rings (SSSR count). The number of carbonyl (C=O) groups excluding carboxylic acids is 1. The zero-order chi connectivity index (χ0) is 30.8. The summed E-state index contributed by atoms with van der Waals surface area (Å²) in [5.74, 6) is 1.05. The maximum Gasteiger partial charge on any atom is 0.225 e.